The molecule has 0 aliphatic carbocycles. The van der Waals surface area contributed by atoms with Gasteiger partial charge in [0.1, 0.15) is 43.9 Å². The van der Waals surface area contributed by atoms with E-state index in [4.69, 9.17) is 17.4 Å². The van der Waals surface area contributed by atoms with E-state index in [0.29, 0.717) is 16.0 Å². The van der Waals surface area contributed by atoms with Crippen LogP contribution in [0.25, 0.3) is 37.7 Å². The fourth-order valence-corrected chi connectivity index (χ4v) is 13.1. The lowest BCUT2D eigenvalue weighted by Gasteiger charge is -2.12. The third-order valence-corrected chi connectivity index (χ3v) is 18.1. The second kappa shape index (κ2) is 24.4. The summed E-state index contributed by atoms with van der Waals surface area (Å²) in [7, 11) is -26.2. The van der Waals surface area contributed by atoms with Crippen molar-refractivity contribution in [3.05, 3.63) is 88.5 Å². The van der Waals surface area contributed by atoms with Gasteiger partial charge in [0, 0.05) is 21.9 Å². The molecule has 0 aliphatic heterocycles. The number of rotatable bonds is 19. The van der Waals surface area contributed by atoms with E-state index >= 15 is 0 Å². The van der Waals surface area contributed by atoms with Gasteiger partial charge < -0.3 is 9.84 Å². The zero-order valence-corrected chi connectivity index (χ0v) is 49.2. The summed E-state index contributed by atoms with van der Waals surface area (Å²) in [5.41, 5.74) is 0.583. The van der Waals surface area contributed by atoms with Crippen LogP contribution in [0.3, 0.4) is 0 Å². The Morgan fingerprint density at radius 3 is 1.89 bits per heavy atom. The van der Waals surface area contributed by atoms with Gasteiger partial charge in [0.2, 0.25) is 11.0 Å². The molecule has 8 rings (SSSR count). The van der Waals surface area contributed by atoms with Crippen molar-refractivity contribution in [2.24, 2.45) is 30.7 Å². The van der Waals surface area contributed by atoms with E-state index in [2.05, 4.69) is 40.7 Å². The van der Waals surface area contributed by atoms with Crippen molar-refractivity contribution < 1.29 is 87.3 Å². The molecule has 3 aromatic heterocycles. The van der Waals surface area contributed by atoms with Gasteiger partial charge in [-0.15, -0.1) is 50.0 Å². The molecule has 83 heavy (non-hydrogen) atoms. The number of benzene rings is 5. The van der Waals surface area contributed by atoms with Crippen molar-refractivity contribution in [2.75, 3.05) is 23.9 Å². The molecule has 3 heterocycles. The summed E-state index contributed by atoms with van der Waals surface area (Å²) < 4.78 is 201. The van der Waals surface area contributed by atoms with Crippen LogP contribution in [0, 0.1) is 39.0 Å². The number of nitrogens with zero attached hydrogens (tertiary/aromatic N) is 10. The van der Waals surface area contributed by atoms with Crippen LogP contribution in [-0.2, 0) is 61.2 Å². The number of thiazole rings is 1. The summed E-state index contributed by atoms with van der Waals surface area (Å²) in [6.45, 7) is 5.81. The smallest absolute Gasteiger partial charge is 0.425 e. The number of hydrogen-bond acceptors (Lipinski definition) is 26. The Balaban J connectivity index is 0.00000240. The van der Waals surface area contributed by atoms with Crippen LogP contribution < -0.4 is 4.74 Å². The minimum Gasteiger partial charge on any atom is -0.493 e. The predicted octanol–water partition coefficient (Wildman–Crippen LogP) is 9.07. The Hall–Kier alpha value is -7.39. The Bertz CT molecular complexity index is 4870. The summed E-state index contributed by atoms with van der Waals surface area (Å²) in [6, 6.07) is 15.2. The molecule has 38 heteroatoms. The van der Waals surface area contributed by atoms with Crippen LogP contribution in [0.4, 0.5) is 33.6 Å². The van der Waals surface area contributed by atoms with Gasteiger partial charge in [0.15, 0.2) is 11.3 Å². The maximum atomic E-state index is 12.5. The van der Waals surface area contributed by atoms with Crippen LogP contribution in [0.5, 0.6) is 11.6 Å². The number of hydrogen-bond donors (Lipinski definition) is 6. The summed E-state index contributed by atoms with van der Waals surface area (Å²) in [6.07, 6.45) is -0.203. The van der Waals surface area contributed by atoms with Gasteiger partial charge in [-0.1, -0.05) is 23.5 Å². The van der Waals surface area contributed by atoms with Gasteiger partial charge >= 0.3 is 10.6 Å². The van der Waals surface area contributed by atoms with Crippen LogP contribution in [0.1, 0.15) is 40.7 Å². The van der Waals surface area contributed by atoms with E-state index in [0.717, 1.165) is 45.7 Å². The molecule has 0 amide bonds. The van der Waals surface area contributed by atoms with Crippen LogP contribution in [0.15, 0.2) is 111 Å². The zero-order valence-electron chi connectivity index (χ0n) is 42.7. The van der Waals surface area contributed by atoms with E-state index in [1.165, 1.54) is 50.2 Å². The molecule has 30 nitrogen and oxygen atoms in total. The Kier molecular flexibility index (Phi) is 18.6. The highest BCUT2D eigenvalue weighted by molar-refractivity contribution is 7.99. The van der Waals surface area contributed by atoms with Crippen LogP contribution in [-0.4, -0.2) is 121 Å². The summed E-state index contributed by atoms with van der Waals surface area (Å²) in [5, 5.41) is 48.1. The van der Waals surface area contributed by atoms with Crippen molar-refractivity contribution >= 4 is 156 Å². The molecule has 5 aromatic carbocycles. The number of nitriles is 1. The molecule has 438 valence electrons. The lowest BCUT2D eigenvalue weighted by molar-refractivity contribution is 0.317. The second-order valence-electron chi connectivity index (χ2n) is 17.5. The summed E-state index contributed by atoms with van der Waals surface area (Å²) in [4.78, 5) is 7.29. The molecule has 0 saturated heterocycles. The second-order valence-corrected chi connectivity index (χ2v) is 27.3. The van der Waals surface area contributed by atoms with Crippen molar-refractivity contribution in [3.63, 3.8) is 0 Å². The van der Waals surface area contributed by atoms with E-state index < -0.39 is 93.3 Å². The van der Waals surface area contributed by atoms with Crippen molar-refractivity contribution in [1.29, 1.82) is 5.26 Å². The molecule has 0 bridgehead atoms. The number of pyridine rings is 1. The van der Waals surface area contributed by atoms with Gasteiger partial charge in [-0.25, -0.2) is 9.97 Å². The first-order chi connectivity index (χ1) is 38.6. The first-order valence-electron chi connectivity index (χ1n) is 22.9. The fourth-order valence-electron chi connectivity index (χ4n) is 7.95. The van der Waals surface area contributed by atoms with E-state index in [9.17, 15) is 75.2 Å². The third-order valence-electron chi connectivity index (χ3n) is 11.6. The number of ether oxygens (including phenoxy) is 1. The molecule has 0 aliphatic rings. The van der Waals surface area contributed by atoms with Crippen molar-refractivity contribution in [2.45, 2.75) is 60.1 Å². The fraction of sp³-hybridized carbons (Fsp3) is 0.222. The van der Waals surface area contributed by atoms with E-state index in [1.54, 1.807) is 19.9 Å². The standard InChI is InChI=1S/C45H40N10O17S7.O3S/c1-22-7-10-34-39(42(22)79(69,70)71)47-43-29(21-46)25(4)38(44(56)55(34)43)53-51-32-15-23(2)30(19-35(32)72-11-5-13-75(57,58)59)49-52-33-16-24(3)31(20-36(33)73-12-6-14-76(60,61)62)50-54-45-48-40-37(78(66,67)68)17-26-8-9-27(77(63,64)65)18-28(26)41(40)74-45;1-4(2)3/h7-10,15-20,56H,5-6,11-14H2,1-4H3,(H,57,58,59)(H,60,61,62)(H,63,64,65)(H,66,67,68)(H,69,70,71);. The molecule has 0 fully saturated rings. The average Bonchev–Trinajstić information content (AvgIpc) is 2.18. The lowest BCUT2D eigenvalue weighted by Crippen LogP contribution is -2.08. The maximum Gasteiger partial charge on any atom is 0.425 e. The van der Waals surface area contributed by atoms with Crippen molar-refractivity contribution in [1.82, 2.24) is 14.4 Å². The molecule has 0 unspecified atom stereocenters. The highest BCUT2D eigenvalue weighted by Gasteiger charge is 2.27. The molecule has 0 atom stereocenters. The monoisotopic (exact) mass is 1300 g/mol. The van der Waals surface area contributed by atoms with Gasteiger partial charge in [0.25, 0.3) is 50.6 Å². The van der Waals surface area contributed by atoms with Crippen LogP contribution in [0.2, 0.25) is 0 Å². The van der Waals surface area contributed by atoms with Gasteiger partial charge in [-0.05, 0) is 111 Å². The van der Waals surface area contributed by atoms with Gasteiger partial charge in [-0.3, -0.25) is 27.2 Å². The molecular weight excluding hydrogens is 1260 g/mol. The normalized spacial score (nSPS) is 12.8. The highest BCUT2D eigenvalue weighted by atomic mass is 32.2. The van der Waals surface area contributed by atoms with Gasteiger partial charge in [0.05, 0.1) is 50.3 Å². The van der Waals surface area contributed by atoms with Gasteiger partial charge in [-0.2, -0.15) is 52.5 Å². The quantitative estimate of drug-likeness (QED) is 0.0190. The number of fused-ring (bicyclic) bond motifs is 6. The number of imidazole rings is 1. The first kappa shape index (κ1) is 63.2. The molecule has 0 saturated carbocycles. The number of aromatic nitrogens is 3. The molecule has 6 N–H and O–H groups in total. The topological polar surface area (TPSA) is 481 Å². The lowest BCUT2D eigenvalue weighted by atomic mass is 10.1. The average molecular weight is 1300 g/mol. The highest BCUT2D eigenvalue weighted by Crippen LogP contribution is 2.44. The number of aryl methyl sites for hydroxylation is 3. The van der Waals surface area contributed by atoms with E-state index in [1.807, 2.05) is 6.07 Å². The number of thioether (sulfide) groups is 1. The Morgan fingerprint density at radius 1 is 0.675 bits per heavy atom. The molecular formula is C45H40N10O20S8. The maximum absolute atomic E-state index is 12.5. The largest absolute Gasteiger partial charge is 0.493 e. The SMILES string of the molecule is Cc1cc(N=Nc2cc(OCCCS(=O)(=O)O)c(N=Nc3c(C)c(C#N)c4nc5c(S(=O)(=O)O)c(C)ccc5n4c3O)cc2C)c(SCCCS(=O)(=O)O)cc1N=Nc1nc2c(S(=O)(=O)O)cc3ccc(S(=O)(=O)O)cc3c2s1.O=S(=O)=O. The zero-order chi connectivity index (χ0) is 61.3. The Labute approximate surface area is 480 Å². The molecule has 0 spiro atoms. The van der Waals surface area contributed by atoms with E-state index in [-0.39, 0.29) is 119 Å². The Morgan fingerprint density at radius 2 is 1.28 bits per heavy atom. The predicted molar refractivity (Wildman–Crippen MR) is 298 cm³/mol. The van der Waals surface area contributed by atoms with Crippen molar-refractivity contribution in [3.8, 4) is 17.7 Å². The number of aromatic hydroxyl groups is 1. The van der Waals surface area contributed by atoms with Crippen LogP contribution >= 0.6 is 23.1 Å². The molecule has 8 aromatic rings. The molecule has 0 radical (unpaired) electrons. The third kappa shape index (κ3) is 15.1. The first-order valence-corrected chi connectivity index (χ1v) is 33.2. The number of azo groups is 3. The minimum atomic E-state index is -4.88. The summed E-state index contributed by atoms with van der Waals surface area (Å²) in [5.74, 6) is -1.79. The summed E-state index contributed by atoms with van der Waals surface area (Å²) >= 11 is 1.90. The minimum absolute atomic E-state index is 0.00136.